The molecule has 1 aliphatic heterocycles. The number of carbonyl (C=O) groups is 1. The van der Waals surface area contributed by atoms with Gasteiger partial charge in [-0.3, -0.25) is 9.10 Å². The van der Waals surface area contributed by atoms with E-state index in [0.717, 1.165) is 11.3 Å². The number of carbonyl (C=O) groups excluding carboxylic acids is 1. The topological polar surface area (TPSA) is 75.7 Å². The second kappa shape index (κ2) is 7.78. The fraction of sp³-hybridized carbons (Fsp3) is 0.316. The molecule has 0 aromatic heterocycles. The minimum Gasteiger partial charge on any atom is -0.481 e. The van der Waals surface area contributed by atoms with Crippen molar-refractivity contribution >= 4 is 21.6 Å². The molecule has 1 aliphatic rings. The lowest BCUT2D eigenvalue weighted by molar-refractivity contribution is -0.127. The van der Waals surface area contributed by atoms with E-state index >= 15 is 0 Å². The van der Waals surface area contributed by atoms with Crippen molar-refractivity contribution in [2.24, 2.45) is 0 Å². The number of rotatable bonds is 7. The largest absolute Gasteiger partial charge is 0.481 e. The Balaban J connectivity index is 1.52. The van der Waals surface area contributed by atoms with E-state index in [4.69, 9.17) is 4.74 Å². The molecule has 138 valence electrons. The molecule has 1 atom stereocenters. The van der Waals surface area contributed by atoms with Gasteiger partial charge in [-0.05, 0) is 37.1 Å². The molecular weight excluding hydrogens is 352 g/mol. The number of fused-ring (bicyclic) bond motifs is 1. The predicted molar refractivity (Wildman–Crippen MR) is 101 cm³/mol. The Kier molecular flexibility index (Phi) is 5.46. The maximum atomic E-state index is 12.6. The lowest BCUT2D eigenvalue weighted by Crippen LogP contribution is -2.41. The highest BCUT2D eigenvalue weighted by molar-refractivity contribution is 7.92. The third kappa shape index (κ3) is 4.16. The summed E-state index contributed by atoms with van der Waals surface area (Å²) in [5.41, 5.74) is 1.77. The van der Waals surface area contributed by atoms with Crippen molar-refractivity contribution in [3.63, 3.8) is 0 Å². The molecule has 0 aliphatic carbocycles. The maximum Gasteiger partial charge on any atom is 0.260 e. The molecule has 1 N–H and O–H groups in total. The van der Waals surface area contributed by atoms with Crippen molar-refractivity contribution in [2.75, 3.05) is 23.1 Å². The second-order valence-corrected chi connectivity index (χ2v) is 8.14. The molecule has 1 heterocycles. The van der Waals surface area contributed by atoms with Crippen LogP contribution in [0.1, 0.15) is 12.5 Å². The smallest absolute Gasteiger partial charge is 0.260 e. The molecule has 2 aromatic carbocycles. The zero-order valence-electron chi connectivity index (χ0n) is 14.6. The first-order valence-electron chi connectivity index (χ1n) is 8.55. The quantitative estimate of drug-likeness (QED) is 0.804. The number of hydrogen-bond donors (Lipinski definition) is 1. The average Bonchev–Trinajstić information content (AvgIpc) is 3.07. The average molecular weight is 374 g/mol. The zero-order chi connectivity index (χ0) is 18.6. The molecule has 2 aromatic rings. The van der Waals surface area contributed by atoms with Crippen LogP contribution in [0.5, 0.6) is 5.75 Å². The van der Waals surface area contributed by atoms with Gasteiger partial charge >= 0.3 is 0 Å². The molecule has 3 rings (SSSR count). The lowest BCUT2D eigenvalue weighted by Gasteiger charge is -2.20. The second-order valence-electron chi connectivity index (χ2n) is 6.13. The number of nitrogens with one attached hydrogen (secondary N) is 1. The number of benzene rings is 2. The van der Waals surface area contributed by atoms with Gasteiger partial charge in [-0.2, -0.15) is 0 Å². The Labute approximate surface area is 153 Å². The summed E-state index contributed by atoms with van der Waals surface area (Å²) in [5.74, 6) is 0.104. The number of para-hydroxylation sites is 2. The zero-order valence-corrected chi connectivity index (χ0v) is 15.4. The van der Waals surface area contributed by atoms with Crippen molar-refractivity contribution in [1.82, 2.24) is 5.32 Å². The number of hydrogen-bond acceptors (Lipinski definition) is 4. The van der Waals surface area contributed by atoms with Gasteiger partial charge in [0.05, 0.1) is 11.4 Å². The minimum atomic E-state index is -3.48. The molecule has 7 heteroatoms. The first-order valence-corrected chi connectivity index (χ1v) is 10.2. The van der Waals surface area contributed by atoms with Crippen molar-refractivity contribution in [2.45, 2.75) is 19.4 Å². The summed E-state index contributed by atoms with van der Waals surface area (Å²) >= 11 is 0. The van der Waals surface area contributed by atoms with Crippen LogP contribution in [0.25, 0.3) is 0 Å². The van der Waals surface area contributed by atoms with Gasteiger partial charge in [-0.1, -0.05) is 36.4 Å². The SMILES string of the molecule is C[C@H](Oc1ccccc1)C(=O)NCCS(=O)(=O)N1CCc2ccccc21. The van der Waals surface area contributed by atoms with Crippen molar-refractivity contribution in [3.8, 4) is 5.75 Å². The highest BCUT2D eigenvalue weighted by Crippen LogP contribution is 2.29. The summed E-state index contributed by atoms with van der Waals surface area (Å²) in [6, 6.07) is 16.5. The molecule has 0 spiro atoms. The van der Waals surface area contributed by atoms with Gasteiger partial charge in [0.2, 0.25) is 10.0 Å². The summed E-state index contributed by atoms with van der Waals surface area (Å²) in [6.07, 6.45) is 0.0107. The van der Waals surface area contributed by atoms with Crippen LogP contribution in [0.3, 0.4) is 0 Å². The van der Waals surface area contributed by atoms with Crippen LogP contribution in [-0.2, 0) is 21.2 Å². The number of amides is 1. The van der Waals surface area contributed by atoms with E-state index in [1.165, 1.54) is 4.31 Å². The molecule has 0 radical (unpaired) electrons. The fourth-order valence-electron chi connectivity index (χ4n) is 2.91. The van der Waals surface area contributed by atoms with Crippen molar-refractivity contribution < 1.29 is 17.9 Å². The Hall–Kier alpha value is -2.54. The van der Waals surface area contributed by atoms with E-state index in [1.54, 1.807) is 19.1 Å². The molecule has 0 fully saturated rings. The van der Waals surface area contributed by atoms with Crippen LogP contribution < -0.4 is 14.4 Å². The van der Waals surface area contributed by atoms with Crippen LogP contribution >= 0.6 is 0 Å². The molecule has 6 nitrogen and oxygen atoms in total. The Bertz CT molecular complexity index is 868. The Morgan fingerprint density at radius 2 is 1.85 bits per heavy atom. The highest BCUT2D eigenvalue weighted by atomic mass is 32.2. The van der Waals surface area contributed by atoms with E-state index < -0.39 is 16.1 Å². The first kappa shape index (κ1) is 18.3. The summed E-state index contributed by atoms with van der Waals surface area (Å²) in [7, 11) is -3.48. The van der Waals surface area contributed by atoms with Crippen LogP contribution in [0.2, 0.25) is 0 Å². The first-order chi connectivity index (χ1) is 12.5. The van der Waals surface area contributed by atoms with Crippen molar-refractivity contribution in [1.29, 1.82) is 0 Å². The van der Waals surface area contributed by atoms with E-state index in [-0.39, 0.29) is 18.2 Å². The van der Waals surface area contributed by atoms with Gasteiger partial charge in [0, 0.05) is 13.1 Å². The third-order valence-corrected chi connectivity index (χ3v) is 6.04. The maximum absolute atomic E-state index is 12.6. The number of ether oxygens (including phenoxy) is 1. The summed E-state index contributed by atoms with van der Waals surface area (Å²) < 4.78 is 32.1. The molecule has 0 saturated carbocycles. The van der Waals surface area contributed by atoms with E-state index in [2.05, 4.69) is 5.32 Å². The molecule has 0 bridgehead atoms. The number of sulfonamides is 1. The highest BCUT2D eigenvalue weighted by Gasteiger charge is 2.29. The third-order valence-electron chi connectivity index (χ3n) is 4.26. The van der Waals surface area contributed by atoms with Gasteiger partial charge in [0.15, 0.2) is 6.10 Å². The molecule has 26 heavy (non-hydrogen) atoms. The number of anilines is 1. The minimum absolute atomic E-state index is 0.0440. The predicted octanol–water partition coefficient (Wildman–Crippen LogP) is 1.96. The fourth-order valence-corrected chi connectivity index (χ4v) is 4.34. The van der Waals surface area contributed by atoms with Crippen LogP contribution in [0, 0.1) is 0 Å². The summed E-state index contributed by atoms with van der Waals surface area (Å²) in [5, 5.41) is 2.64. The Morgan fingerprint density at radius 3 is 2.62 bits per heavy atom. The van der Waals surface area contributed by atoms with Crippen LogP contribution in [0.15, 0.2) is 54.6 Å². The van der Waals surface area contributed by atoms with E-state index in [1.807, 2.05) is 42.5 Å². The van der Waals surface area contributed by atoms with Gasteiger partial charge in [0.1, 0.15) is 5.75 Å². The van der Waals surface area contributed by atoms with Gasteiger partial charge in [-0.25, -0.2) is 8.42 Å². The van der Waals surface area contributed by atoms with E-state index in [0.29, 0.717) is 18.7 Å². The molecule has 0 saturated heterocycles. The summed E-state index contributed by atoms with van der Waals surface area (Å²) in [6.45, 7) is 2.12. The molecule has 1 amide bonds. The van der Waals surface area contributed by atoms with Crippen LogP contribution in [-0.4, -0.2) is 39.3 Å². The van der Waals surface area contributed by atoms with Gasteiger partial charge < -0.3 is 10.1 Å². The standard InChI is InChI=1S/C19H22N2O4S/c1-15(25-17-8-3-2-4-9-17)19(22)20-12-14-26(23,24)21-13-11-16-7-5-6-10-18(16)21/h2-10,15H,11-14H2,1H3,(H,20,22)/t15-/m0/s1. The van der Waals surface area contributed by atoms with Gasteiger partial charge in [0.25, 0.3) is 5.91 Å². The van der Waals surface area contributed by atoms with Crippen LogP contribution in [0.4, 0.5) is 5.69 Å². The van der Waals surface area contributed by atoms with E-state index in [9.17, 15) is 13.2 Å². The van der Waals surface area contributed by atoms with Crippen molar-refractivity contribution in [3.05, 3.63) is 60.2 Å². The molecule has 0 unspecified atom stereocenters. The Morgan fingerprint density at radius 1 is 1.15 bits per heavy atom. The normalized spacial score (nSPS) is 14.6. The lowest BCUT2D eigenvalue weighted by atomic mass is 10.2. The number of nitrogens with zero attached hydrogens (tertiary/aromatic N) is 1. The van der Waals surface area contributed by atoms with Gasteiger partial charge in [-0.15, -0.1) is 0 Å². The molecular formula is C19H22N2O4S. The monoisotopic (exact) mass is 374 g/mol. The summed E-state index contributed by atoms with van der Waals surface area (Å²) in [4.78, 5) is 12.1.